The van der Waals surface area contributed by atoms with E-state index in [-0.39, 0.29) is 0 Å². The summed E-state index contributed by atoms with van der Waals surface area (Å²) in [5.74, 6) is -0.373. The zero-order chi connectivity index (χ0) is 17.6. The van der Waals surface area contributed by atoms with Crippen LogP contribution in [0.2, 0.25) is 0 Å². The first-order valence-electron chi connectivity index (χ1n) is 7.47. The van der Waals surface area contributed by atoms with E-state index in [1.165, 1.54) is 12.5 Å². The Bertz CT molecular complexity index is 654. The minimum Gasteiger partial charge on any atom is -0.481 e. The smallest absolute Gasteiger partial charge is 0.405 e. The molecule has 1 amide bonds. The summed E-state index contributed by atoms with van der Waals surface area (Å²) < 4.78 is 41.6. The number of rotatable bonds is 6. The largest absolute Gasteiger partial charge is 0.481 e. The highest BCUT2D eigenvalue weighted by Gasteiger charge is 2.29. The van der Waals surface area contributed by atoms with E-state index in [0.29, 0.717) is 5.75 Å². The standard InChI is InChI=1S/C18H18F3NO2/c1-13(17(23)22-12-18(19,20)21)24-16-9-7-15(8-10-16)11-14-5-3-2-4-6-14/h2-10,13H,11-12H2,1H3,(H,22,23). The average molecular weight is 337 g/mol. The van der Waals surface area contributed by atoms with E-state index in [4.69, 9.17) is 4.74 Å². The molecule has 1 N–H and O–H groups in total. The summed E-state index contributed by atoms with van der Waals surface area (Å²) in [7, 11) is 0. The number of nitrogens with one attached hydrogen (secondary N) is 1. The number of hydrogen-bond donors (Lipinski definition) is 1. The van der Waals surface area contributed by atoms with Crippen molar-refractivity contribution in [2.24, 2.45) is 0 Å². The van der Waals surface area contributed by atoms with Crippen LogP contribution >= 0.6 is 0 Å². The van der Waals surface area contributed by atoms with E-state index < -0.39 is 24.7 Å². The normalized spacial score (nSPS) is 12.5. The zero-order valence-corrected chi connectivity index (χ0v) is 13.1. The van der Waals surface area contributed by atoms with Gasteiger partial charge in [-0.15, -0.1) is 0 Å². The molecule has 2 rings (SSSR count). The molecule has 6 heteroatoms. The highest BCUT2D eigenvalue weighted by Crippen LogP contribution is 2.17. The van der Waals surface area contributed by atoms with Crippen molar-refractivity contribution >= 4 is 5.91 Å². The van der Waals surface area contributed by atoms with Crippen LogP contribution in [0.1, 0.15) is 18.1 Å². The highest BCUT2D eigenvalue weighted by atomic mass is 19.4. The van der Waals surface area contributed by atoms with Crippen LogP contribution in [-0.2, 0) is 11.2 Å². The first-order valence-corrected chi connectivity index (χ1v) is 7.47. The second-order valence-corrected chi connectivity index (χ2v) is 5.40. The Kier molecular flexibility index (Phi) is 5.84. The number of carbonyl (C=O) groups excluding carboxylic acids is 1. The van der Waals surface area contributed by atoms with Crippen LogP contribution in [0.25, 0.3) is 0 Å². The Labute approximate surface area is 138 Å². The van der Waals surface area contributed by atoms with Gasteiger partial charge in [-0.3, -0.25) is 4.79 Å². The molecule has 2 aromatic rings. The molecule has 24 heavy (non-hydrogen) atoms. The molecule has 3 nitrogen and oxygen atoms in total. The van der Waals surface area contributed by atoms with E-state index in [2.05, 4.69) is 0 Å². The van der Waals surface area contributed by atoms with Crippen molar-refractivity contribution in [3.8, 4) is 5.75 Å². The summed E-state index contributed by atoms with van der Waals surface area (Å²) >= 11 is 0. The Morgan fingerprint density at radius 3 is 2.21 bits per heavy atom. The summed E-state index contributed by atoms with van der Waals surface area (Å²) in [6.45, 7) is 0.0408. The number of halogens is 3. The third-order valence-corrected chi connectivity index (χ3v) is 3.32. The molecule has 0 spiro atoms. The van der Waals surface area contributed by atoms with Gasteiger partial charge in [-0.1, -0.05) is 42.5 Å². The molecule has 1 unspecified atom stereocenters. The molecular formula is C18H18F3NO2. The molecule has 0 aliphatic rings. The fraction of sp³-hybridized carbons (Fsp3) is 0.278. The molecule has 2 aromatic carbocycles. The van der Waals surface area contributed by atoms with E-state index >= 15 is 0 Å². The van der Waals surface area contributed by atoms with Crippen molar-refractivity contribution in [3.05, 3.63) is 65.7 Å². The zero-order valence-electron chi connectivity index (χ0n) is 13.1. The van der Waals surface area contributed by atoms with Crippen LogP contribution in [-0.4, -0.2) is 24.7 Å². The maximum absolute atomic E-state index is 12.1. The lowest BCUT2D eigenvalue weighted by Crippen LogP contribution is -2.41. The molecule has 0 saturated carbocycles. The van der Waals surface area contributed by atoms with Gasteiger partial charge in [0.1, 0.15) is 12.3 Å². The van der Waals surface area contributed by atoms with Gasteiger partial charge in [0.05, 0.1) is 0 Å². The fourth-order valence-corrected chi connectivity index (χ4v) is 2.11. The summed E-state index contributed by atoms with van der Waals surface area (Å²) in [5, 5.41) is 1.80. The van der Waals surface area contributed by atoms with Gasteiger partial charge in [-0.25, -0.2) is 0 Å². The van der Waals surface area contributed by atoms with Crippen molar-refractivity contribution in [3.63, 3.8) is 0 Å². The first kappa shape index (κ1) is 17.8. The van der Waals surface area contributed by atoms with E-state index in [9.17, 15) is 18.0 Å². The predicted octanol–water partition coefficient (Wildman–Crippen LogP) is 3.72. The molecule has 1 atom stereocenters. The molecular weight excluding hydrogens is 319 g/mol. The van der Waals surface area contributed by atoms with Gasteiger partial charge in [0.15, 0.2) is 6.10 Å². The number of amides is 1. The number of carbonyl (C=O) groups is 1. The maximum atomic E-state index is 12.1. The predicted molar refractivity (Wildman–Crippen MR) is 84.8 cm³/mol. The summed E-state index contributed by atoms with van der Waals surface area (Å²) in [5.41, 5.74) is 2.24. The molecule has 0 aromatic heterocycles. The molecule has 0 fully saturated rings. The lowest BCUT2D eigenvalue weighted by molar-refractivity contribution is -0.142. The lowest BCUT2D eigenvalue weighted by atomic mass is 10.1. The van der Waals surface area contributed by atoms with Gasteiger partial charge >= 0.3 is 6.18 Å². The van der Waals surface area contributed by atoms with Crippen LogP contribution in [0.15, 0.2) is 54.6 Å². The third-order valence-electron chi connectivity index (χ3n) is 3.32. The molecule has 0 aliphatic carbocycles. The average Bonchev–Trinajstić information content (AvgIpc) is 2.54. The van der Waals surface area contributed by atoms with Crippen LogP contribution in [0, 0.1) is 0 Å². The van der Waals surface area contributed by atoms with Gasteiger partial charge in [0.25, 0.3) is 5.91 Å². The highest BCUT2D eigenvalue weighted by molar-refractivity contribution is 5.80. The van der Waals surface area contributed by atoms with Gasteiger partial charge in [0, 0.05) is 0 Å². The Morgan fingerprint density at radius 1 is 1.04 bits per heavy atom. The van der Waals surface area contributed by atoms with Crippen molar-refractivity contribution in [2.75, 3.05) is 6.54 Å². The summed E-state index contributed by atoms with van der Waals surface area (Å²) in [6, 6.07) is 17.1. The van der Waals surface area contributed by atoms with Crippen molar-refractivity contribution in [1.82, 2.24) is 5.32 Å². The Hall–Kier alpha value is -2.50. The van der Waals surface area contributed by atoms with Gasteiger partial charge < -0.3 is 10.1 Å². The Balaban J connectivity index is 1.88. The first-order chi connectivity index (χ1) is 11.3. The second kappa shape index (κ2) is 7.86. The monoisotopic (exact) mass is 337 g/mol. The topological polar surface area (TPSA) is 38.3 Å². The van der Waals surface area contributed by atoms with Crippen LogP contribution in [0.4, 0.5) is 13.2 Å². The summed E-state index contributed by atoms with van der Waals surface area (Å²) in [4.78, 5) is 11.6. The van der Waals surface area contributed by atoms with Crippen LogP contribution < -0.4 is 10.1 Å². The summed E-state index contributed by atoms with van der Waals surface area (Å²) in [6.07, 6.45) is -4.68. The maximum Gasteiger partial charge on any atom is 0.405 e. The number of ether oxygens (including phenoxy) is 1. The van der Waals surface area contributed by atoms with Crippen molar-refractivity contribution in [1.29, 1.82) is 0 Å². The third kappa shape index (κ3) is 5.95. The van der Waals surface area contributed by atoms with Crippen LogP contribution in [0.5, 0.6) is 5.75 Å². The minimum atomic E-state index is -4.44. The second-order valence-electron chi connectivity index (χ2n) is 5.40. The quantitative estimate of drug-likeness (QED) is 0.872. The van der Waals surface area contributed by atoms with E-state index in [1.807, 2.05) is 42.5 Å². The van der Waals surface area contributed by atoms with Gasteiger partial charge in [-0.2, -0.15) is 13.2 Å². The van der Waals surface area contributed by atoms with Gasteiger partial charge in [0.2, 0.25) is 0 Å². The molecule has 128 valence electrons. The van der Waals surface area contributed by atoms with Crippen LogP contribution in [0.3, 0.4) is 0 Å². The number of alkyl halides is 3. The molecule has 0 radical (unpaired) electrons. The molecule has 0 saturated heterocycles. The van der Waals surface area contributed by atoms with Crippen molar-refractivity contribution in [2.45, 2.75) is 25.6 Å². The lowest BCUT2D eigenvalue weighted by Gasteiger charge is -2.15. The molecule has 0 heterocycles. The molecule has 0 aliphatic heterocycles. The van der Waals surface area contributed by atoms with Crippen molar-refractivity contribution < 1.29 is 22.7 Å². The van der Waals surface area contributed by atoms with E-state index in [0.717, 1.165) is 12.0 Å². The SMILES string of the molecule is CC(Oc1ccc(Cc2ccccc2)cc1)C(=O)NCC(F)(F)F. The Morgan fingerprint density at radius 2 is 1.62 bits per heavy atom. The number of benzene rings is 2. The number of hydrogen-bond acceptors (Lipinski definition) is 2. The van der Waals surface area contributed by atoms with Gasteiger partial charge in [-0.05, 0) is 36.6 Å². The molecule has 0 bridgehead atoms. The van der Waals surface area contributed by atoms with E-state index in [1.54, 1.807) is 17.4 Å². The minimum absolute atomic E-state index is 0.432. The fourth-order valence-electron chi connectivity index (χ4n) is 2.11.